The van der Waals surface area contributed by atoms with E-state index >= 15 is 0 Å². The lowest BCUT2D eigenvalue weighted by Crippen LogP contribution is -1.93. The van der Waals surface area contributed by atoms with Crippen LogP contribution in [0.5, 0.6) is 11.5 Å². The summed E-state index contributed by atoms with van der Waals surface area (Å²) in [5.74, 6) is 1.06. The molecule has 1 rings (SSSR count). The smallest absolute Gasteiger partial charge is 0.307 e. The van der Waals surface area contributed by atoms with Gasteiger partial charge in [0.2, 0.25) is 0 Å². The largest absolute Gasteiger partial charge is 0.493 e. The number of ether oxygens (including phenoxy) is 3. The van der Waals surface area contributed by atoms with Gasteiger partial charge >= 0.3 is 5.97 Å². The second-order valence-corrected chi connectivity index (χ2v) is 3.37. The summed E-state index contributed by atoms with van der Waals surface area (Å²) in [7, 11) is 3.19. The van der Waals surface area contributed by atoms with Crippen LogP contribution in [0.1, 0.15) is 12.5 Å². The first-order chi connectivity index (χ1) is 8.17. The molecular formula is C13H16O4. The van der Waals surface area contributed by atoms with Crippen LogP contribution in [0.15, 0.2) is 30.5 Å². The number of hydrogen-bond donors (Lipinski definition) is 0. The molecular weight excluding hydrogens is 220 g/mol. The third-order valence-corrected chi connectivity index (χ3v) is 2.13. The molecule has 4 heteroatoms. The van der Waals surface area contributed by atoms with Gasteiger partial charge in [-0.3, -0.25) is 4.79 Å². The van der Waals surface area contributed by atoms with Crippen LogP contribution in [0, 0.1) is 0 Å². The quantitative estimate of drug-likeness (QED) is 0.581. The average Bonchev–Trinajstić information content (AvgIpc) is 2.34. The Morgan fingerprint density at radius 3 is 2.53 bits per heavy atom. The minimum absolute atomic E-state index is 0.325. The lowest BCUT2D eigenvalue weighted by molar-refractivity contribution is -0.135. The molecule has 0 aliphatic carbocycles. The Morgan fingerprint density at radius 1 is 1.24 bits per heavy atom. The van der Waals surface area contributed by atoms with E-state index < -0.39 is 0 Å². The van der Waals surface area contributed by atoms with Gasteiger partial charge in [0.15, 0.2) is 11.5 Å². The highest BCUT2D eigenvalue weighted by molar-refractivity contribution is 5.66. The molecule has 4 nitrogen and oxygen atoms in total. The first kappa shape index (κ1) is 13.1. The first-order valence-corrected chi connectivity index (χ1v) is 5.20. The van der Waals surface area contributed by atoms with Gasteiger partial charge in [-0.25, -0.2) is 0 Å². The maximum absolute atomic E-state index is 10.5. The van der Waals surface area contributed by atoms with E-state index in [1.807, 2.05) is 18.2 Å². The number of allylic oxidation sites excluding steroid dienone is 1. The summed E-state index contributed by atoms with van der Waals surface area (Å²) >= 11 is 0. The van der Waals surface area contributed by atoms with Crippen LogP contribution < -0.4 is 9.47 Å². The van der Waals surface area contributed by atoms with E-state index in [9.17, 15) is 4.79 Å². The van der Waals surface area contributed by atoms with Crippen LogP contribution in [0.25, 0.3) is 0 Å². The van der Waals surface area contributed by atoms with Crippen LogP contribution in [-0.2, 0) is 16.0 Å². The van der Waals surface area contributed by atoms with Gasteiger partial charge < -0.3 is 14.2 Å². The van der Waals surface area contributed by atoms with Crippen molar-refractivity contribution in [1.29, 1.82) is 0 Å². The van der Waals surface area contributed by atoms with Gasteiger partial charge in [0, 0.05) is 6.92 Å². The fourth-order valence-corrected chi connectivity index (χ4v) is 1.34. The summed E-state index contributed by atoms with van der Waals surface area (Å²) in [6, 6.07) is 5.66. The van der Waals surface area contributed by atoms with Crippen LogP contribution in [-0.4, -0.2) is 20.2 Å². The molecule has 0 amide bonds. The predicted octanol–water partition coefficient (Wildman–Crippen LogP) is 2.32. The molecule has 0 saturated heterocycles. The van der Waals surface area contributed by atoms with E-state index in [0.717, 1.165) is 5.56 Å². The molecule has 0 radical (unpaired) electrons. The zero-order valence-corrected chi connectivity index (χ0v) is 10.2. The van der Waals surface area contributed by atoms with E-state index in [1.165, 1.54) is 13.2 Å². The summed E-state index contributed by atoms with van der Waals surface area (Å²) in [6.07, 6.45) is 3.81. The summed E-state index contributed by atoms with van der Waals surface area (Å²) in [6.45, 7) is 1.36. The van der Waals surface area contributed by atoms with Gasteiger partial charge in [0.05, 0.1) is 20.5 Å². The number of benzene rings is 1. The summed E-state index contributed by atoms with van der Waals surface area (Å²) in [5.41, 5.74) is 1.05. The van der Waals surface area contributed by atoms with Crippen molar-refractivity contribution in [3.63, 3.8) is 0 Å². The molecule has 1 aromatic carbocycles. The van der Waals surface area contributed by atoms with Crippen molar-refractivity contribution in [1.82, 2.24) is 0 Å². The Morgan fingerprint density at radius 2 is 1.94 bits per heavy atom. The fraction of sp³-hybridized carbons (Fsp3) is 0.308. The van der Waals surface area contributed by atoms with Crippen molar-refractivity contribution in [2.75, 3.05) is 14.2 Å². The fourth-order valence-electron chi connectivity index (χ4n) is 1.34. The lowest BCUT2D eigenvalue weighted by atomic mass is 10.1. The third kappa shape index (κ3) is 4.18. The van der Waals surface area contributed by atoms with Crippen molar-refractivity contribution in [3.05, 3.63) is 36.1 Å². The Labute approximate surface area is 101 Å². The average molecular weight is 236 g/mol. The van der Waals surface area contributed by atoms with Crippen molar-refractivity contribution >= 4 is 5.97 Å². The Kier molecular flexibility index (Phi) is 5.07. The molecule has 0 fully saturated rings. The molecule has 17 heavy (non-hydrogen) atoms. The second-order valence-electron chi connectivity index (χ2n) is 3.37. The number of methoxy groups -OCH3 is 2. The number of rotatable bonds is 5. The van der Waals surface area contributed by atoms with Crippen LogP contribution in [0.3, 0.4) is 0 Å². The van der Waals surface area contributed by atoms with Gasteiger partial charge in [-0.15, -0.1) is 0 Å². The zero-order chi connectivity index (χ0) is 12.7. The standard InChI is InChI=1S/C13H16O4/c1-10(14)17-8-4-5-11-6-7-12(15-2)13(9-11)16-3/h4,6-9H,5H2,1-3H3. The van der Waals surface area contributed by atoms with Crippen molar-refractivity contribution in [2.24, 2.45) is 0 Å². The SMILES string of the molecule is COc1ccc(CC=COC(C)=O)cc1OC. The number of carbonyl (C=O) groups is 1. The van der Waals surface area contributed by atoms with E-state index in [-0.39, 0.29) is 5.97 Å². The summed E-state index contributed by atoms with van der Waals surface area (Å²) in [5, 5.41) is 0. The van der Waals surface area contributed by atoms with Crippen molar-refractivity contribution in [2.45, 2.75) is 13.3 Å². The number of carbonyl (C=O) groups excluding carboxylic acids is 1. The Balaban J connectivity index is 2.66. The first-order valence-electron chi connectivity index (χ1n) is 5.20. The van der Waals surface area contributed by atoms with Crippen LogP contribution >= 0.6 is 0 Å². The molecule has 0 aliphatic heterocycles. The van der Waals surface area contributed by atoms with Crippen molar-refractivity contribution < 1.29 is 19.0 Å². The molecule has 0 unspecified atom stereocenters. The second kappa shape index (κ2) is 6.58. The number of esters is 1. The summed E-state index contributed by atoms with van der Waals surface area (Å²) in [4.78, 5) is 10.5. The molecule has 0 aliphatic rings. The molecule has 0 spiro atoms. The van der Waals surface area contributed by atoms with Crippen molar-refractivity contribution in [3.8, 4) is 11.5 Å². The van der Waals surface area contributed by atoms with Crippen LogP contribution in [0.4, 0.5) is 0 Å². The molecule has 1 aromatic rings. The Hall–Kier alpha value is -1.97. The normalized spacial score (nSPS) is 10.3. The molecule has 0 saturated carbocycles. The molecule has 0 aromatic heterocycles. The van der Waals surface area contributed by atoms with Gasteiger partial charge in [-0.2, -0.15) is 0 Å². The van der Waals surface area contributed by atoms with Gasteiger partial charge in [-0.05, 0) is 30.2 Å². The molecule has 0 heterocycles. The highest BCUT2D eigenvalue weighted by atomic mass is 16.5. The van der Waals surface area contributed by atoms with E-state index in [2.05, 4.69) is 4.74 Å². The topological polar surface area (TPSA) is 44.8 Å². The van der Waals surface area contributed by atoms with Gasteiger partial charge in [0.25, 0.3) is 0 Å². The minimum Gasteiger partial charge on any atom is -0.493 e. The molecule has 0 bridgehead atoms. The van der Waals surface area contributed by atoms with Crippen LogP contribution in [0.2, 0.25) is 0 Å². The lowest BCUT2D eigenvalue weighted by Gasteiger charge is -2.08. The summed E-state index contributed by atoms with van der Waals surface area (Å²) < 4.78 is 15.0. The molecule has 0 atom stereocenters. The maximum atomic E-state index is 10.5. The molecule has 92 valence electrons. The maximum Gasteiger partial charge on any atom is 0.307 e. The predicted molar refractivity (Wildman–Crippen MR) is 64.2 cm³/mol. The highest BCUT2D eigenvalue weighted by Gasteiger charge is 2.03. The highest BCUT2D eigenvalue weighted by Crippen LogP contribution is 2.27. The van der Waals surface area contributed by atoms with Gasteiger partial charge in [-0.1, -0.05) is 6.07 Å². The minimum atomic E-state index is -0.325. The van der Waals surface area contributed by atoms with E-state index in [1.54, 1.807) is 20.3 Å². The molecule has 0 N–H and O–H groups in total. The van der Waals surface area contributed by atoms with E-state index in [0.29, 0.717) is 17.9 Å². The number of hydrogen-bond acceptors (Lipinski definition) is 4. The van der Waals surface area contributed by atoms with Gasteiger partial charge in [0.1, 0.15) is 0 Å². The monoisotopic (exact) mass is 236 g/mol. The Bertz CT molecular complexity index is 410. The van der Waals surface area contributed by atoms with E-state index in [4.69, 9.17) is 9.47 Å². The zero-order valence-electron chi connectivity index (χ0n) is 10.2. The third-order valence-electron chi connectivity index (χ3n) is 2.13.